The standard InChI is InChI=1S/C11H21N3O2/c1-4-7-15-8-6-10-13-14-11(16-10)9(3)12-5-2/h9,12H,4-8H2,1-3H3. The van der Waals surface area contributed by atoms with Crippen LogP contribution in [0.3, 0.4) is 0 Å². The van der Waals surface area contributed by atoms with Gasteiger partial charge >= 0.3 is 0 Å². The van der Waals surface area contributed by atoms with E-state index in [0.717, 1.165) is 19.6 Å². The van der Waals surface area contributed by atoms with Crippen LogP contribution in [0.25, 0.3) is 0 Å². The van der Waals surface area contributed by atoms with E-state index in [2.05, 4.69) is 22.4 Å². The summed E-state index contributed by atoms with van der Waals surface area (Å²) in [5.74, 6) is 1.29. The summed E-state index contributed by atoms with van der Waals surface area (Å²) in [5, 5.41) is 11.2. The van der Waals surface area contributed by atoms with Gasteiger partial charge in [-0.1, -0.05) is 13.8 Å². The van der Waals surface area contributed by atoms with Crippen molar-refractivity contribution >= 4 is 0 Å². The molecule has 0 bridgehead atoms. The van der Waals surface area contributed by atoms with Crippen molar-refractivity contribution in [3.8, 4) is 0 Å². The van der Waals surface area contributed by atoms with Gasteiger partial charge in [0.1, 0.15) is 0 Å². The second-order valence-electron chi connectivity index (χ2n) is 3.68. The molecule has 1 heterocycles. The zero-order chi connectivity index (χ0) is 11.8. The minimum absolute atomic E-state index is 0.114. The van der Waals surface area contributed by atoms with Crippen LogP contribution in [0.5, 0.6) is 0 Å². The second-order valence-corrected chi connectivity index (χ2v) is 3.68. The topological polar surface area (TPSA) is 60.2 Å². The van der Waals surface area contributed by atoms with E-state index in [9.17, 15) is 0 Å². The molecule has 0 radical (unpaired) electrons. The molecule has 1 rings (SSSR count). The Labute approximate surface area is 96.6 Å². The molecule has 0 saturated carbocycles. The molecular formula is C11H21N3O2. The Balaban J connectivity index is 2.33. The third-order valence-corrected chi connectivity index (χ3v) is 2.17. The van der Waals surface area contributed by atoms with Crippen molar-refractivity contribution in [2.24, 2.45) is 0 Å². The van der Waals surface area contributed by atoms with Crippen LogP contribution in [0, 0.1) is 0 Å². The van der Waals surface area contributed by atoms with E-state index in [1.165, 1.54) is 0 Å². The van der Waals surface area contributed by atoms with Gasteiger partial charge in [-0.2, -0.15) is 0 Å². The van der Waals surface area contributed by atoms with E-state index in [1.807, 2.05) is 13.8 Å². The molecule has 0 fully saturated rings. The maximum atomic E-state index is 5.51. The molecule has 1 unspecified atom stereocenters. The number of ether oxygens (including phenoxy) is 1. The van der Waals surface area contributed by atoms with Crippen LogP contribution in [-0.2, 0) is 11.2 Å². The van der Waals surface area contributed by atoms with E-state index >= 15 is 0 Å². The first kappa shape index (κ1) is 13.1. The number of nitrogens with zero attached hydrogens (tertiary/aromatic N) is 2. The lowest BCUT2D eigenvalue weighted by molar-refractivity contribution is 0.133. The highest BCUT2D eigenvalue weighted by Crippen LogP contribution is 2.10. The van der Waals surface area contributed by atoms with Crippen LogP contribution in [0.15, 0.2) is 4.42 Å². The molecule has 0 amide bonds. The van der Waals surface area contributed by atoms with Gasteiger partial charge < -0.3 is 14.5 Å². The highest BCUT2D eigenvalue weighted by molar-refractivity contribution is 4.88. The van der Waals surface area contributed by atoms with Gasteiger partial charge in [0.2, 0.25) is 11.8 Å². The van der Waals surface area contributed by atoms with Crippen molar-refractivity contribution in [3.63, 3.8) is 0 Å². The lowest BCUT2D eigenvalue weighted by Gasteiger charge is -2.05. The summed E-state index contributed by atoms with van der Waals surface area (Å²) in [7, 11) is 0. The number of nitrogens with one attached hydrogen (secondary N) is 1. The summed E-state index contributed by atoms with van der Waals surface area (Å²) in [5.41, 5.74) is 0. The van der Waals surface area contributed by atoms with Crippen molar-refractivity contribution in [1.29, 1.82) is 0 Å². The van der Waals surface area contributed by atoms with Crippen LogP contribution < -0.4 is 5.32 Å². The Morgan fingerprint density at radius 3 is 2.81 bits per heavy atom. The highest BCUT2D eigenvalue weighted by atomic mass is 16.5. The lowest BCUT2D eigenvalue weighted by atomic mass is 10.3. The van der Waals surface area contributed by atoms with E-state index < -0.39 is 0 Å². The van der Waals surface area contributed by atoms with Crippen LogP contribution in [0.1, 0.15) is 45.0 Å². The van der Waals surface area contributed by atoms with Crippen molar-refractivity contribution in [2.75, 3.05) is 19.8 Å². The maximum absolute atomic E-state index is 5.51. The molecule has 1 N–H and O–H groups in total. The maximum Gasteiger partial charge on any atom is 0.233 e. The fraction of sp³-hybridized carbons (Fsp3) is 0.818. The fourth-order valence-electron chi connectivity index (χ4n) is 1.34. The van der Waals surface area contributed by atoms with Gasteiger partial charge in [-0.3, -0.25) is 0 Å². The Bertz CT molecular complexity index is 289. The van der Waals surface area contributed by atoms with E-state index in [0.29, 0.717) is 24.8 Å². The summed E-state index contributed by atoms with van der Waals surface area (Å²) < 4.78 is 10.9. The molecule has 0 aliphatic carbocycles. The third kappa shape index (κ3) is 4.28. The largest absolute Gasteiger partial charge is 0.423 e. The molecule has 0 saturated heterocycles. The molecule has 16 heavy (non-hydrogen) atoms. The molecule has 5 nitrogen and oxygen atoms in total. The van der Waals surface area contributed by atoms with Crippen molar-refractivity contribution < 1.29 is 9.15 Å². The smallest absolute Gasteiger partial charge is 0.233 e. The van der Waals surface area contributed by atoms with Gasteiger partial charge in [-0.25, -0.2) is 0 Å². The van der Waals surface area contributed by atoms with Crippen LogP contribution in [0.2, 0.25) is 0 Å². The number of rotatable bonds is 8. The van der Waals surface area contributed by atoms with Crippen molar-refractivity contribution in [3.05, 3.63) is 11.8 Å². The molecule has 0 spiro atoms. The van der Waals surface area contributed by atoms with Gasteiger partial charge in [0.15, 0.2) is 0 Å². The number of aromatic nitrogens is 2. The van der Waals surface area contributed by atoms with Gasteiger partial charge in [-0.15, -0.1) is 10.2 Å². The summed E-state index contributed by atoms with van der Waals surface area (Å²) in [6, 6.07) is 0.114. The van der Waals surface area contributed by atoms with Gasteiger partial charge in [0, 0.05) is 13.0 Å². The summed E-state index contributed by atoms with van der Waals surface area (Å²) >= 11 is 0. The normalized spacial score (nSPS) is 12.9. The monoisotopic (exact) mass is 227 g/mol. The van der Waals surface area contributed by atoms with Crippen LogP contribution >= 0.6 is 0 Å². The molecule has 1 aromatic heterocycles. The summed E-state index contributed by atoms with van der Waals surface area (Å²) in [6.45, 7) is 8.46. The Morgan fingerprint density at radius 2 is 2.12 bits per heavy atom. The third-order valence-electron chi connectivity index (χ3n) is 2.17. The quantitative estimate of drug-likeness (QED) is 0.685. The Morgan fingerprint density at radius 1 is 1.31 bits per heavy atom. The molecule has 0 aromatic carbocycles. The Kier molecular flexibility index (Phi) is 6.03. The first-order chi connectivity index (χ1) is 7.77. The predicted octanol–water partition coefficient (Wildman–Crippen LogP) is 1.71. The van der Waals surface area contributed by atoms with Crippen LogP contribution in [-0.4, -0.2) is 30.0 Å². The molecule has 0 aliphatic rings. The summed E-state index contributed by atoms with van der Waals surface area (Å²) in [6.07, 6.45) is 1.72. The number of hydrogen-bond acceptors (Lipinski definition) is 5. The molecule has 0 aliphatic heterocycles. The van der Waals surface area contributed by atoms with Crippen molar-refractivity contribution in [1.82, 2.24) is 15.5 Å². The van der Waals surface area contributed by atoms with Gasteiger partial charge in [0.05, 0.1) is 12.6 Å². The highest BCUT2D eigenvalue weighted by Gasteiger charge is 2.12. The van der Waals surface area contributed by atoms with Gasteiger partial charge in [-0.05, 0) is 19.9 Å². The average molecular weight is 227 g/mol. The number of hydrogen-bond donors (Lipinski definition) is 1. The predicted molar refractivity (Wildman–Crippen MR) is 61.2 cm³/mol. The zero-order valence-electron chi connectivity index (χ0n) is 10.3. The molecule has 92 valence electrons. The van der Waals surface area contributed by atoms with E-state index in [-0.39, 0.29) is 6.04 Å². The van der Waals surface area contributed by atoms with E-state index in [1.54, 1.807) is 0 Å². The Hall–Kier alpha value is -0.940. The zero-order valence-corrected chi connectivity index (χ0v) is 10.3. The van der Waals surface area contributed by atoms with Crippen LogP contribution in [0.4, 0.5) is 0 Å². The molecular weight excluding hydrogens is 206 g/mol. The molecule has 1 atom stereocenters. The fourth-order valence-corrected chi connectivity index (χ4v) is 1.34. The first-order valence-electron chi connectivity index (χ1n) is 5.91. The molecule has 1 aromatic rings. The minimum atomic E-state index is 0.114. The molecule has 5 heteroatoms. The van der Waals surface area contributed by atoms with E-state index in [4.69, 9.17) is 9.15 Å². The average Bonchev–Trinajstić information content (AvgIpc) is 2.73. The van der Waals surface area contributed by atoms with Crippen molar-refractivity contribution in [2.45, 2.75) is 39.7 Å². The SMILES string of the molecule is CCCOCCc1nnc(C(C)NCC)o1. The minimum Gasteiger partial charge on any atom is -0.423 e. The summed E-state index contributed by atoms with van der Waals surface area (Å²) in [4.78, 5) is 0. The second kappa shape index (κ2) is 7.35. The lowest BCUT2D eigenvalue weighted by Crippen LogP contribution is -2.17. The first-order valence-corrected chi connectivity index (χ1v) is 5.91. The van der Waals surface area contributed by atoms with Gasteiger partial charge in [0.25, 0.3) is 0 Å².